The van der Waals surface area contributed by atoms with E-state index in [1.165, 1.54) is 22.5 Å². The van der Waals surface area contributed by atoms with E-state index in [-0.39, 0.29) is 11.7 Å². The fraction of sp³-hybridized carbons (Fsp3) is 0.250. The minimum atomic E-state index is -0.296. The van der Waals surface area contributed by atoms with Crippen molar-refractivity contribution in [2.45, 2.75) is 19.5 Å². The normalized spacial score (nSPS) is 13.7. The van der Waals surface area contributed by atoms with Crippen LogP contribution < -0.4 is 14.8 Å². The topological polar surface area (TPSA) is 76.8 Å². The first-order valence-corrected chi connectivity index (χ1v) is 11.2. The minimum absolute atomic E-state index is 0.278. The van der Waals surface area contributed by atoms with E-state index >= 15 is 0 Å². The second-order valence-corrected chi connectivity index (χ2v) is 8.54. The second kappa shape index (κ2) is 8.64. The van der Waals surface area contributed by atoms with Gasteiger partial charge >= 0.3 is 0 Å². The number of rotatable bonds is 6. The summed E-state index contributed by atoms with van der Waals surface area (Å²) in [7, 11) is 3.31. The van der Waals surface area contributed by atoms with E-state index < -0.39 is 0 Å². The summed E-state index contributed by atoms with van der Waals surface area (Å²) in [5.41, 5.74) is 4.15. The summed E-state index contributed by atoms with van der Waals surface area (Å²) in [6.07, 6.45) is 0.940. The first-order chi connectivity index (χ1) is 15.6. The number of nitrogens with zero attached hydrogens (tertiary/aromatic N) is 2. The number of para-hydroxylation sites is 1. The van der Waals surface area contributed by atoms with Crippen molar-refractivity contribution in [1.29, 1.82) is 0 Å². The number of furan rings is 1. The number of fused-ring (bicyclic) bond motifs is 2. The van der Waals surface area contributed by atoms with Crippen LogP contribution in [0, 0.1) is 0 Å². The lowest BCUT2D eigenvalue weighted by Gasteiger charge is -2.29. The number of hydrogen-bond donors (Lipinski definition) is 1. The van der Waals surface area contributed by atoms with Gasteiger partial charge in [0.15, 0.2) is 22.4 Å². The average molecular weight is 450 g/mol. The molecule has 0 unspecified atom stereocenters. The molecule has 32 heavy (non-hydrogen) atoms. The van der Waals surface area contributed by atoms with Gasteiger partial charge in [-0.15, -0.1) is 11.3 Å². The lowest BCUT2D eigenvalue weighted by molar-refractivity contribution is 0.0998. The fourth-order valence-electron chi connectivity index (χ4n) is 4.00. The van der Waals surface area contributed by atoms with Gasteiger partial charge in [-0.2, -0.15) is 0 Å². The van der Waals surface area contributed by atoms with Crippen molar-refractivity contribution in [3.8, 4) is 11.5 Å². The molecule has 0 saturated heterocycles. The smallest absolute Gasteiger partial charge is 0.293 e. The quantitative estimate of drug-likeness (QED) is 0.459. The van der Waals surface area contributed by atoms with E-state index in [9.17, 15) is 4.79 Å². The number of carbonyl (C=O) groups excluding carboxylic acids is 1. The third kappa shape index (κ3) is 4.06. The van der Waals surface area contributed by atoms with Gasteiger partial charge in [0.2, 0.25) is 0 Å². The molecule has 0 saturated carbocycles. The molecule has 4 aromatic rings. The Morgan fingerprint density at radius 1 is 1.16 bits per heavy atom. The van der Waals surface area contributed by atoms with Crippen LogP contribution in [-0.2, 0) is 19.5 Å². The molecule has 1 aliphatic rings. The molecule has 3 heterocycles. The highest BCUT2D eigenvalue weighted by molar-refractivity contribution is 7.13. The maximum Gasteiger partial charge on any atom is 0.293 e. The molecule has 0 fully saturated rings. The summed E-state index contributed by atoms with van der Waals surface area (Å²) in [4.78, 5) is 19.5. The zero-order chi connectivity index (χ0) is 22.1. The fourth-order valence-corrected chi connectivity index (χ4v) is 4.69. The predicted octanol–water partition coefficient (Wildman–Crippen LogP) is 4.72. The molecule has 0 atom stereocenters. The Morgan fingerprint density at radius 3 is 2.72 bits per heavy atom. The zero-order valence-electron chi connectivity index (χ0n) is 17.9. The van der Waals surface area contributed by atoms with Crippen LogP contribution in [-0.4, -0.2) is 36.6 Å². The van der Waals surface area contributed by atoms with Crippen LogP contribution in [0.25, 0.3) is 11.0 Å². The maximum absolute atomic E-state index is 12.6. The van der Waals surface area contributed by atoms with E-state index in [2.05, 4.69) is 27.3 Å². The number of nitrogens with one attached hydrogen (secondary N) is 1. The third-order valence-corrected chi connectivity index (χ3v) is 6.41. The number of thiazole rings is 1. The molecule has 5 rings (SSSR count). The van der Waals surface area contributed by atoms with Crippen molar-refractivity contribution < 1.29 is 18.7 Å². The van der Waals surface area contributed by atoms with Crippen molar-refractivity contribution >= 4 is 33.3 Å². The molecular formula is C24H23N3O4S. The number of methoxy groups -OCH3 is 2. The number of aromatic nitrogens is 1. The number of ether oxygens (including phenoxy) is 2. The Labute approximate surface area is 189 Å². The highest BCUT2D eigenvalue weighted by Crippen LogP contribution is 2.33. The third-order valence-electron chi connectivity index (χ3n) is 5.60. The van der Waals surface area contributed by atoms with Crippen LogP contribution in [0.2, 0.25) is 0 Å². The number of hydrogen-bond acceptors (Lipinski definition) is 7. The van der Waals surface area contributed by atoms with Crippen LogP contribution in [0.15, 0.2) is 52.3 Å². The molecule has 0 radical (unpaired) electrons. The van der Waals surface area contributed by atoms with Gasteiger partial charge in [0.1, 0.15) is 5.58 Å². The monoisotopic (exact) mass is 449 g/mol. The molecule has 2 aromatic heterocycles. The number of amides is 1. The van der Waals surface area contributed by atoms with Gasteiger partial charge in [-0.25, -0.2) is 4.98 Å². The molecular weight excluding hydrogens is 426 g/mol. The predicted molar refractivity (Wildman–Crippen MR) is 124 cm³/mol. The van der Waals surface area contributed by atoms with Crippen LogP contribution >= 0.6 is 11.3 Å². The molecule has 0 aliphatic carbocycles. The molecule has 164 valence electrons. The van der Waals surface area contributed by atoms with Crippen LogP contribution in [0.4, 0.5) is 5.13 Å². The van der Waals surface area contributed by atoms with Gasteiger partial charge < -0.3 is 13.9 Å². The van der Waals surface area contributed by atoms with Crippen LogP contribution in [0.3, 0.4) is 0 Å². The molecule has 0 spiro atoms. The van der Waals surface area contributed by atoms with Crippen LogP contribution in [0.5, 0.6) is 11.5 Å². The average Bonchev–Trinajstić information content (AvgIpc) is 3.44. The highest BCUT2D eigenvalue weighted by Gasteiger charge is 2.21. The van der Waals surface area contributed by atoms with Crippen molar-refractivity contribution in [2.75, 3.05) is 26.1 Å². The Kier molecular flexibility index (Phi) is 5.55. The standard InChI is InChI=1S/C24H23N3O4S/c1-29-20-9-15-7-8-27(12-17(15)11-21(20)30-2)13-18-14-32-24(25-18)26-23(28)22-10-16-5-3-4-6-19(16)31-22/h3-6,9-11,14H,7-8,12-13H2,1-2H3,(H,25,26,28). The van der Waals surface area contributed by atoms with Gasteiger partial charge in [0.25, 0.3) is 5.91 Å². The molecule has 1 aliphatic heterocycles. The van der Waals surface area contributed by atoms with Gasteiger partial charge in [0.05, 0.1) is 19.9 Å². The minimum Gasteiger partial charge on any atom is -0.493 e. The molecule has 2 aromatic carbocycles. The summed E-state index contributed by atoms with van der Waals surface area (Å²) < 4.78 is 16.5. The Morgan fingerprint density at radius 2 is 1.94 bits per heavy atom. The van der Waals surface area contributed by atoms with Crippen molar-refractivity contribution in [1.82, 2.24) is 9.88 Å². The summed E-state index contributed by atoms with van der Waals surface area (Å²) in [6.45, 7) is 2.46. The number of carbonyl (C=O) groups is 1. The van der Waals surface area contributed by atoms with Gasteiger partial charge in [0, 0.05) is 30.4 Å². The summed E-state index contributed by atoms with van der Waals surface area (Å²) >= 11 is 1.42. The Bertz CT molecular complexity index is 1250. The maximum atomic E-state index is 12.6. The second-order valence-electron chi connectivity index (χ2n) is 7.68. The summed E-state index contributed by atoms with van der Waals surface area (Å²) in [6, 6.07) is 13.4. The first-order valence-electron chi connectivity index (χ1n) is 10.3. The van der Waals surface area contributed by atoms with E-state index in [1.54, 1.807) is 20.3 Å². The molecule has 0 bridgehead atoms. The van der Waals surface area contributed by atoms with E-state index in [0.29, 0.717) is 17.3 Å². The molecule has 1 amide bonds. The Balaban J connectivity index is 1.24. The SMILES string of the molecule is COc1cc2c(cc1OC)CN(Cc1csc(NC(=O)c3cc4ccccc4o3)n1)CC2. The van der Waals surface area contributed by atoms with Gasteiger partial charge in [-0.05, 0) is 41.8 Å². The first kappa shape index (κ1) is 20.5. The molecule has 7 nitrogen and oxygen atoms in total. The van der Waals surface area contributed by atoms with Crippen molar-refractivity contribution in [3.63, 3.8) is 0 Å². The molecule has 8 heteroatoms. The Hall–Kier alpha value is -3.36. The van der Waals surface area contributed by atoms with Crippen molar-refractivity contribution in [2.24, 2.45) is 0 Å². The summed E-state index contributed by atoms with van der Waals surface area (Å²) in [5, 5.41) is 6.29. The largest absolute Gasteiger partial charge is 0.493 e. The number of benzene rings is 2. The highest BCUT2D eigenvalue weighted by atomic mass is 32.1. The van der Waals surface area contributed by atoms with Gasteiger partial charge in [-0.1, -0.05) is 18.2 Å². The number of anilines is 1. The van der Waals surface area contributed by atoms with E-state index in [0.717, 1.165) is 42.1 Å². The van der Waals surface area contributed by atoms with Gasteiger partial charge in [-0.3, -0.25) is 15.0 Å². The lowest BCUT2D eigenvalue weighted by atomic mass is 9.98. The zero-order valence-corrected chi connectivity index (χ0v) is 18.7. The van der Waals surface area contributed by atoms with E-state index in [1.807, 2.05) is 29.6 Å². The molecule has 1 N–H and O–H groups in total. The lowest BCUT2D eigenvalue weighted by Crippen LogP contribution is -2.30. The summed E-state index contributed by atoms with van der Waals surface area (Å²) in [5.74, 6) is 1.50. The van der Waals surface area contributed by atoms with Crippen molar-refractivity contribution in [3.05, 3.63) is 70.4 Å². The van der Waals surface area contributed by atoms with Crippen LogP contribution in [0.1, 0.15) is 27.4 Å². The van der Waals surface area contributed by atoms with E-state index in [4.69, 9.17) is 13.9 Å².